The number of nitrogens with two attached hydrogens (primary N) is 1. The highest BCUT2D eigenvalue weighted by Crippen LogP contribution is 2.25. The molecule has 0 saturated heterocycles. The quantitative estimate of drug-likeness (QED) is 0.877. The molecular weight excluding hydrogens is 326 g/mol. The number of hydrogen-bond acceptors (Lipinski definition) is 2. The molecule has 0 radical (unpaired) electrons. The Morgan fingerprint density at radius 1 is 1.20 bits per heavy atom. The number of nitrogens with one attached hydrogen (secondary N) is 1. The predicted octanol–water partition coefficient (Wildman–Crippen LogP) is 4.15. The summed E-state index contributed by atoms with van der Waals surface area (Å²) in [6.07, 6.45) is 0. The van der Waals surface area contributed by atoms with E-state index in [2.05, 4.69) is 21.2 Å². The lowest BCUT2D eigenvalue weighted by Gasteiger charge is -2.20. The Morgan fingerprint density at radius 2 is 1.95 bits per heavy atom. The van der Waals surface area contributed by atoms with Gasteiger partial charge in [0.25, 0.3) is 0 Å². The van der Waals surface area contributed by atoms with Crippen LogP contribution >= 0.6 is 15.9 Å². The Bertz CT molecular complexity index is 597. The van der Waals surface area contributed by atoms with Crippen molar-refractivity contribution in [3.8, 4) is 0 Å². The summed E-state index contributed by atoms with van der Waals surface area (Å²) in [5, 5.41) is 3.13. The van der Waals surface area contributed by atoms with Gasteiger partial charge in [-0.1, -0.05) is 15.9 Å². The minimum Gasteiger partial charge on any atom is -0.377 e. The van der Waals surface area contributed by atoms with Crippen molar-refractivity contribution in [2.75, 3.05) is 11.9 Å². The van der Waals surface area contributed by atoms with Crippen molar-refractivity contribution in [1.29, 1.82) is 0 Å². The van der Waals surface area contributed by atoms with Gasteiger partial charge in [0.05, 0.1) is 6.04 Å². The summed E-state index contributed by atoms with van der Waals surface area (Å²) >= 11 is 3.40. The topological polar surface area (TPSA) is 38.0 Å². The first-order valence-corrected chi connectivity index (χ1v) is 6.97. The lowest BCUT2D eigenvalue weighted by molar-refractivity contribution is 0.572. The third-order valence-corrected chi connectivity index (χ3v) is 3.41. The largest absolute Gasteiger partial charge is 0.377 e. The van der Waals surface area contributed by atoms with Gasteiger partial charge in [-0.25, -0.2) is 8.78 Å². The molecule has 0 heterocycles. The number of benzene rings is 2. The lowest BCUT2D eigenvalue weighted by atomic mass is 10.1. The van der Waals surface area contributed by atoms with E-state index in [9.17, 15) is 8.78 Å². The molecule has 0 aliphatic rings. The molecule has 0 fully saturated rings. The first kappa shape index (κ1) is 14.9. The highest BCUT2D eigenvalue weighted by Gasteiger charge is 2.15. The van der Waals surface area contributed by atoms with E-state index in [0.717, 1.165) is 27.9 Å². The molecule has 0 bridgehead atoms. The molecule has 0 aromatic heterocycles. The van der Waals surface area contributed by atoms with Gasteiger partial charge < -0.3 is 11.1 Å². The summed E-state index contributed by atoms with van der Waals surface area (Å²) in [6.45, 7) is 2.11. The van der Waals surface area contributed by atoms with E-state index >= 15 is 0 Å². The van der Waals surface area contributed by atoms with Gasteiger partial charge >= 0.3 is 0 Å². The molecule has 2 aromatic rings. The van der Waals surface area contributed by atoms with Crippen LogP contribution in [0, 0.1) is 18.6 Å². The second-order valence-electron chi connectivity index (χ2n) is 4.62. The maximum atomic E-state index is 13.8. The standard InChI is InChI=1S/C15H15BrF2N2/c1-9-4-10(16)6-12(5-9)20-15(8-19)13-7-11(17)2-3-14(13)18/h2-7,15,20H,8,19H2,1H3. The number of rotatable bonds is 4. The first-order valence-electron chi connectivity index (χ1n) is 6.18. The van der Waals surface area contributed by atoms with E-state index in [4.69, 9.17) is 5.73 Å². The molecule has 1 unspecified atom stereocenters. The van der Waals surface area contributed by atoms with E-state index in [-0.39, 0.29) is 12.1 Å². The van der Waals surface area contributed by atoms with Crippen LogP contribution in [0.25, 0.3) is 0 Å². The van der Waals surface area contributed by atoms with Crippen molar-refractivity contribution in [2.45, 2.75) is 13.0 Å². The van der Waals surface area contributed by atoms with E-state index in [1.165, 1.54) is 6.07 Å². The van der Waals surface area contributed by atoms with Crippen molar-refractivity contribution in [2.24, 2.45) is 5.73 Å². The van der Waals surface area contributed by atoms with Gasteiger partial charge in [0.15, 0.2) is 0 Å². The summed E-state index contributed by atoms with van der Waals surface area (Å²) in [5.41, 5.74) is 7.77. The summed E-state index contributed by atoms with van der Waals surface area (Å²) < 4.78 is 28.0. The van der Waals surface area contributed by atoms with E-state index < -0.39 is 17.7 Å². The minimum absolute atomic E-state index is 0.159. The van der Waals surface area contributed by atoms with Crippen LogP contribution in [0.15, 0.2) is 40.9 Å². The molecule has 2 aromatic carbocycles. The first-order chi connectivity index (χ1) is 9.49. The Hall–Kier alpha value is -1.46. The summed E-state index contributed by atoms with van der Waals surface area (Å²) in [5.74, 6) is -0.951. The number of hydrogen-bond donors (Lipinski definition) is 2. The van der Waals surface area contributed by atoms with Gasteiger partial charge in [0.2, 0.25) is 0 Å². The lowest BCUT2D eigenvalue weighted by Crippen LogP contribution is -2.22. The normalized spacial score (nSPS) is 12.2. The molecule has 0 aliphatic heterocycles. The van der Waals surface area contributed by atoms with Gasteiger partial charge in [0, 0.05) is 22.3 Å². The maximum absolute atomic E-state index is 13.8. The molecule has 20 heavy (non-hydrogen) atoms. The van der Waals surface area contributed by atoms with Crippen molar-refractivity contribution >= 4 is 21.6 Å². The Kier molecular flexibility index (Phi) is 4.73. The summed E-state index contributed by atoms with van der Waals surface area (Å²) in [7, 11) is 0. The summed E-state index contributed by atoms with van der Waals surface area (Å²) in [6, 6.07) is 8.64. The third kappa shape index (κ3) is 3.55. The highest BCUT2D eigenvalue weighted by atomic mass is 79.9. The van der Waals surface area contributed by atoms with Crippen LogP contribution in [0.4, 0.5) is 14.5 Å². The molecule has 3 N–H and O–H groups in total. The van der Waals surface area contributed by atoms with Gasteiger partial charge in [0.1, 0.15) is 11.6 Å². The molecule has 106 valence electrons. The molecular formula is C15H15BrF2N2. The minimum atomic E-state index is -0.487. The Morgan fingerprint density at radius 3 is 2.60 bits per heavy atom. The van der Waals surface area contributed by atoms with E-state index in [1.807, 2.05) is 25.1 Å². The van der Waals surface area contributed by atoms with Crippen LogP contribution in [0.5, 0.6) is 0 Å². The number of anilines is 1. The van der Waals surface area contributed by atoms with Gasteiger partial charge in [-0.05, 0) is 48.9 Å². The zero-order valence-corrected chi connectivity index (χ0v) is 12.5. The van der Waals surface area contributed by atoms with Crippen LogP contribution in [0.3, 0.4) is 0 Å². The molecule has 0 amide bonds. The average molecular weight is 341 g/mol. The summed E-state index contributed by atoms with van der Waals surface area (Å²) in [4.78, 5) is 0. The predicted molar refractivity (Wildman–Crippen MR) is 80.7 cm³/mol. The Labute approximate surface area is 125 Å². The third-order valence-electron chi connectivity index (χ3n) is 2.95. The van der Waals surface area contributed by atoms with Crippen LogP contribution < -0.4 is 11.1 Å². The van der Waals surface area contributed by atoms with Crippen molar-refractivity contribution in [1.82, 2.24) is 0 Å². The molecule has 2 nitrogen and oxygen atoms in total. The van der Waals surface area contributed by atoms with Crippen LogP contribution in [-0.4, -0.2) is 6.54 Å². The van der Waals surface area contributed by atoms with Crippen molar-refractivity contribution in [3.05, 3.63) is 63.6 Å². The average Bonchev–Trinajstić information content (AvgIpc) is 2.38. The van der Waals surface area contributed by atoms with Crippen molar-refractivity contribution < 1.29 is 8.78 Å². The zero-order valence-electron chi connectivity index (χ0n) is 11.0. The molecule has 0 spiro atoms. The fourth-order valence-corrected chi connectivity index (χ4v) is 2.67. The number of aryl methyl sites for hydroxylation is 1. The van der Waals surface area contributed by atoms with E-state index in [0.29, 0.717) is 0 Å². The molecule has 5 heteroatoms. The van der Waals surface area contributed by atoms with Crippen LogP contribution in [0.1, 0.15) is 17.2 Å². The number of halogens is 3. The van der Waals surface area contributed by atoms with Gasteiger partial charge in [-0.3, -0.25) is 0 Å². The fraction of sp³-hybridized carbons (Fsp3) is 0.200. The van der Waals surface area contributed by atoms with Crippen LogP contribution in [-0.2, 0) is 0 Å². The second-order valence-corrected chi connectivity index (χ2v) is 5.53. The Balaban J connectivity index is 2.31. The molecule has 1 atom stereocenters. The van der Waals surface area contributed by atoms with Gasteiger partial charge in [-0.15, -0.1) is 0 Å². The second kappa shape index (κ2) is 6.33. The fourth-order valence-electron chi connectivity index (χ4n) is 2.07. The SMILES string of the molecule is Cc1cc(Br)cc(NC(CN)c2cc(F)ccc2F)c1. The smallest absolute Gasteiger partial charge is 0.128 e. The molecule has 0 aliphatic carbocycles. The molecule has 2 rings (SSSR count). The zero-order chi connectivity index (χ0) is 14.7. The highest BCUT2D eigenvalue weighted by molar-refractivity contribution is 9.10. The monoisotopic (exact) mass is 340 g/mol. The van der Waals surface area contributed by atoms with E-state index in [1.54, 1.807) is 0 Å². The van der Waals surface area contributed by atoms with Crippen molar-refractivity contribution in [3.63, 3.8) is 0 Å². The molecule has 0 saturated carbocycles. The maximum Gasteiger partial charge on any atom is 0.128 e. The van der Waals surface area contributed by atoms with Crippen LogP contribution in [0.2, 0.25) is 0 Å². The van der Waals surface area contributed by atoms with Gasteiger partial charge in [-0.2, -0.15) is 0 Å².